The van der Waals surface area contributed by atoms with E-state index in [0.29, 0.717) is 0 Å². The van der Waals surface area contributed by atoms with Crippen LogP contribution in [0.25, 0.3) is 17.7 Å². The van der Waals surface area contributed by atoms with Crippen molar-refractivity contribution in [1.82, 2.24) is 0 Å². The van der Waals surface area contributed by atoms with Crippen molar-refractivity contribution in [2.24, 2.45) is 0 Å². The number of rotatable bonds is 5. The van der Waals surface area contributed by atoms with Gasteiger partial charge in [0.25, 0.3) is 0 Å². The fraction of sp³-hybridized carbons (Fsp3) is 0.290. The number of benzene rings is 3. The van der Waals surface area contributed by atoms with Crippen LogP contribution < -0.4 is 35.3 Å². The van der Waals surface area contributed by atoms with Gasteiger partial charge in [0.2, 0.25) is 0 Å². The Morgan fingerprint density at radius 2 is 1.58 bits per heavy atom. The Bertz CT molecular complexity index is 1500. The summed E-state index contributed by atoms with van der Waals surface area (Å²) < 4.78 is 6.48. The average Bonchev–Trinajstić information content (AvgIpc) is 3.29. The summed E-state index contributed by atoms with van der Waals surface area (Å²) in [6, 6.07) is 22.2. The average molecular weight is 612 g/mol. The van der Waals surface area contributed by atoms with Crippen molar-refractivity contribution in [1.29, 1.82) is 0 Å². The molecular formula is C31H33Cl2OSiZr. The van der Waals surface area contributed by atoms with Crippen LogP contribution in [0.15, 0.2) is 66.2 Å². The molecule has 0 heterocycles. The van der Waals surface area contributed by atoms with E-state index in [1.165, 1.54) is 54.3 Å². The van der Waals surface area contributed by atoms with Crippen LogP contribution in [0, 0.1) is 10.4 Å². The molecule has 3 aromatic carbocycles. The molecule has 1 nitrogen and oxygen atoms in total. The number of hydrogen-bond acceptors (Lipinski definition) is 1. The van der Waals surface area contributed by atoms with Gasteiger partial charge in [0, 0.05) is 12.0 Å². The summed E-state index contributed by atoms with van der Waals surface area (Å²) in [5, 5.41) is 5.15. The zero-order valence-corrected chi connectivity index (χ0v) is 26.8. The second kappa shape index (κ2) is 12.1. The van der Waals surface area contributed by atoms with Crippen LogP contribution in [0.2, 0.25) is 19.6 Å². The standard InChI is InChI=1S/C31H33OSi.2ClH.Zr/c1-20(2)25-15-16-28-26-13-9-7-12-23(26)19-29(28)31(25)30-24(17-21(3)32-33(4,5)6)18-22-11-8-10-14-27(22)30;;;/h7-16,18,21,30H,17H2,1-6H3;2*1H;/q-1;;;+3/p-2. The minimum absolute atomic E-state index is 0. The summed E-state index contributed by atoms with van der Waals surface area (Å²) in [6.07, 6.45) is 7.37. The largest absolute Gasteiger partial charge is 3.00 e. The number of halogens is 2. The Morgan fingerprint density at radius 1 is 0.917 bits per heavy atom. The molecule has 0 saturated heterocycles. The molecule has 0 bridgehead atoms. The molecule has 2 unspecified atom stereocenters. The summed E-state index contributed by atoms with van der Waals surface area (Å²) in [5.74, 6) is 0.232. The van der Waals surface area contributed by atoms with Gasteiger partial charge in [0.15, 0.2) is 8.32 Å². The van der Waals surface area contributed by atoms with Gasteiger partial charge in [-0.25, -0.2) is 0 Å². The van der Waals surface area contributed by atoms with Crippen molar-refractivity contribution in [3.63, 3.8) is 0 Å². The van der Waals surface area contributed by atoms with Crippen LogP contribution in [0.3, 0.4) is 0 Å². The van der Waals surface area contributed by atoms with E-state index in [4.69, 9.17) is 4.43 Å². The van der Waals surface area contributed by atoms with Gasteiger partial charge in [-0.1, -0.05) is 82.6 Å². The number of fused-ring (bicyclic) bond motifs is 3. The second-order valence-corrected chi connectivity index (χ2v) is 15.1. The van der Waals surface area contributed by atoms with E-state index in [0.717, 1.165) is 6.42 Å². The maximum absolute atomic E-state index is 6.48. The van der Waals surface area contributed by atoms with Gasteiger partial charge in [-0.3, -0.25) is 0 Å². The molecule has 3 aromatic rings. The van der Waals surface area contributed by atoms with Crippen molar-refractivity contribution in [2.75, 3.05) is 0 Å². The van der Waals surface area contributed by atoms with Gasteiger partial charge in [-0.05, 0) is 58.0 Å². The molecule has 0 amide bonds. The van der Waals surface area contributed by atoms with Gasteiger partial charge in [0.05, 0.1) is 0 Å². The number of hydrogen-bond donors (Lipinski definition) is 0. The van der Waals surface area contributed by atoms with E-state index in [2.05, 4.69) is 113 Å². The fourth-order valence-corrected chi connectivity index (χ4v) is 6.85. The predicted molar refractivity (Wildman–Crippen MR) is 142 cm³/mol. The predicted octanol–water partition coefficient (Wildman–Crippen LogP) is 0.348. The molecule has 0 N–H and O–H groups in total. The van der Waals surface area contributed by atoms with Gasteiger partial charge >= 0.3 is 26.2 Å². The van der Waals surface area contributed by atoms with Crippen molar-refractivity contribution >= 4 is 26.0 Å². The smallest absolute Gasteiger partial charge is 1.00 e. The first-order valence-corrected chi connectivity index (χ1v) is 15.4. The van der Waals surface area contributed by atoms with E-state index in [9.17, 15) is 0 Å². The fourth-order valence-electron chi connectivity index (χ4n) is 5.56. The molecule has 185 valence electrons. The summed E-state index contributed by atoms with van der Waals surface area (Å²) in [4.78, 5) is 0. The van der Waals surface area contributed by atoms with Crippen LogP contribution >= 0.6 is 0 Å². The van der Waals surface area contributed by atoms with Gasteiger partial charge < -0.3 is 29.2 Å². The van der Waals surface area contributed by atoms with E-state index in [1.54, 1.807) is 0 Å². The van der Waals surface area contributed by atoms with E-state index in [1.807, 2.05) is 0 Å². The van der Waals surface area contributed by atoms with Crippen LogP contribution in [0.4, 0.5) is 0 Å². The molecule has 2 atom stereocenters. The van der Waals surface area contributed by atoms with E-state index in [-0.39, 0.29) is 63.0 Å². The Hall–Kier alpha value is -1.22. The quantitative estimate of drug-likeness (QED) is 0.234. The van der Waals surface area contributed by atoms with E-state index >= 15 is 0 Å². The van der Waals surface area contributed by atoms with Crippen molar-refractivity contribution in [3.8, 4) is 0 Å². The zero-order valence-electron chi connectivity index (χ0n) is 21.9. The summed E-state index contributed by atoms with van der Waals surface area (Å²) in [6.45, 7) is 13.5. The summed E-state index contributed by atoms with van der Waals surface area (Å²) in [5.41, 5.74) is 8.21. The molecule has 0 saturated carbocycles. The first-order valence-electron chi connectivity index (χ1n) is 12.0. The maximum atomic E-state index is 6.48. The van der Waals surface area contributed by atoms with Gasteiger partial charge in [-0.2, -0.15) is 0 Å². The molecule has 36 heavy (non-hydrogen) atoms. The molecule has 0 fully saturated rings. The third kappa shape index (κ3) is 5.92. The molecule has 0 spiro atoms. The Labute approximate surface area is 248 Å². The normalized spacial score (nSPS) is 15.6. The van der Waals surface area contributed by atoms with Crippen molar-refractivity contribution in [3.05, 3.63) is 109 Å². The van der Waals surface area contributed by atoms with E-state index < -0.39 is 8.32 Å². The van der Waals surface area contributed by atoms with Crippen LogP contribution in [-0.2, 0) is 30.6 Å². The first-order chi connectivity index (χ1) is 15.7. The second-order valence-electron chi connectivity index (χ2n) is 10.6. The van der Waals surface area contributed by atoms with Crippen molar-refractivity contribution in [2.45, 2.75) is 58.9 Å². The molecular weight excluding hydrogens is 579 g/mol. The summed E-state index contributed by atoms with van der Waals surface area (Å²) >= 11 is 0. The molecule has 1 radical (unpaired) electrons. The molecule has 0 aromatic heterocycles. The molecule has 5 rings (SSSR count). The Balaban J connectivity index is 0.00000152. The zero-order chi connectivity index (χ0) is 23.3. The molecule has 5 heteroatoms. The van der Waals surface area contributed by atoms with Gasteiger partial charge in [-0.15, -0.1) is 33.4 Å². The first kappa shape index (κ1) is 31.0. The van der Waals surface area contributed by atoms with Crippen molar-refractivity contribution < 1.29 is 55.4 Å². The van der Waals surface area contributed by atoms with Crippen LogP contribution in [-0.4, -0.2) is 14.4 Å². The topological polar surface area (TPSA) is 9.23 Å². The van der Waals surface area contributed by atoms with Crippen LogP contribution in [0.1, 0.15) is 55.4 Å². The molecule has 2 aliphatic carbocycles. The Kier molecular flexibility index (Phi) is 10.4. The minimum Gasteiger partial charge on any atom is -1.00 e. The SMILES string of the molecule is CC(C)=c1ccc2c(c1C1C(CC(C)O[Si](C)(C)C)=Cc3ccccc31)[C-]=c1ccccc1=2.[Cl-].[Cl-].[Zr+3]. The molecule has 2 aliphatic rings. The minimum atomic E-state index is -1.61. The van der Waals surface area contributed by atoms with Gasteiger partial charge in [0.1, 0.15) is 0 Å². The molecule has 0 aliphatic heterocycles. The third-order valence-corrected chi connectivity index (χ3v) is 7.76. The van der Waals surface area contributed by atoms with Crippen LogP contribution in [0.5, 0.6) is 0 Å². The Morgan fingerprint density at radius 3 is 2.28 bits per heavy atom. The monoisotopic (exact) mass is 609 g/mol. The summed E-state index contributed by atoms with van der Waals surface area (Å²) in [7, 11) is -1.61. The maximum Gasteiger partial charge on any atom is 3.00 e. The third-order valence-electron chi connectivity index (χ3n) is 6.65.